The number of carbonyl (C=O) groups excluding carboxylic acids is 1. The second-order valence-electron chi connectivity index (χ2n) is 8.13. The second-order valence-corrected chi connectivity index (χ2v) is 9.81. The molecular formula is C26H28N2O3S. The first-order valence-corrected chi connectivity index (χ1v) is 12.5. The number of benzene rings is 3. The van der Waals surface area contributed by atoms with Crippen molar-refractivity contribution in [2.24, 2.45) is 0 Å². The van der Waals surface area contributed by atoms with Crippen LogP contribution in [0, 0.1) is 6.92 Å². The Morgan fingerprint density at radius 1 is 0.969 bits per heavy atom. The molecule has 166 valence electrons. The topological polar surface area (TPSA) is 66.5 Å². The summed E-state index contributed by atoms with van der Waals surface area (Å²) in [6, 6.07) is 18.4. The molecule has 3 aromatic carbocycles. The zero-order valence-corrected chi connectivity index (χ0v) is 19.5. The summed E-state index contributed by atoms with van der Waals surface area (Å²) < 4.78 is 29.3. The smallest absolute Gasteiger partial charge is 0.261 e. The molecule has 0 aliphatic carbocycles. The highest BCUT2D eigenvalue weighted by atomic mass is 32.2. The Kier molecular flexibility index (Phi) is 6.07. The van der Waals surface area contributed by atoms with Crippen LogP contribution in [0.1, 0.15) is 46.5 Å². The molecule has 1 heterocycles. The molecule has 1 amide bonds. The first kappa shape index (κ1) is 22.1. The van der Waals surface area contributed by atoms with E-state index in [1.165, 1.54) is 0 Å². The Balaban J connectivity index is 1.62. The van der Waals surface area contributed by atoms with Crippen LogP contribution in [0.5, 0.6) is 0 Å². The second kappa shape index (κ2) is 8.79. The zero-order valence-electron chi connectivity index (χ0n) is 18.7. The summed E-state index contributed by atoms with van der Waals surface area (Å²) in [7, 11) is -3.75. The first-order chi connectivity index (χ1) is 15.3. The molecule has 5 nitrogen and oxygen atoms in total. The van der Waals surface area contributed by atoms with Crippen molar-refractivity contribution in [3.05, 3.63) is 88.5 Å². The van der Waals surface area contributed by atoms with Crippen LogP contribution >= 0.6 is 0 Å². The van der Waals surface area contributed by atoms with E-state index in [2.05, 4.69) is 4.72 Å². The zero-order chi connectivity index (χ0) is 22.9. The van der Waals surface area contributed by atoms with Gasteiger partial charge in [-0.3, -0.25) is 9.52 Å². The standard InChI is InChI=1S/C26H28N2O3S/c1-4-19-7-6-8-20(5-2)25(19)27-32(30,31)23-13-14-24-22(17-23)15-16-28(24)26(29)21-11-9-18(3)10-12-21/h6-14,17,27H,4-5,15-16H2,1-3H3. The molecule has 0 fully saturated rings. The van der Waals surface area contributed by atoms with Gasteiger partial charge >= 0.3 is 0 Å². The summed E-state index contributed by atoms with van der Waals surface area (Å²) in [5.41, 5.74) is 6.00. The van der Waals surface area contributed by atoms with Gasteiger partial charge in [0, 0.05) is 17.8 Å². The Morgan fingerprint density at radius 2 is 1.62 bits per heavy atom. The van der Waals surface area contributed by atoms with Gasteiger partial charge in [-0.1, -0.05) is 49.7 Å². The number of nitrogens with one attached hydrogen (secondary N) is 1. The van der Waals surface area contributed by atoms with Gasteiger partial charge in [0.2, 0.25) is 0 Å². The Morgan fingerprint density at radius 3 is 2.25 bits per heavy atom. The van der Waals surface area contributed by atoms with Gasteiger partial charge < -0.3 is 4.90 Å². The van der Waals surface area contributed by atoms with E-state index < -0.39 is 10.0 Å². The molecule has 32 heavy (non-hydrogen) atoms. The fourth-order valence-electron chi connectivity index (χ4n) is 4.18. The number of hydrogen-bond acceptors (Lipinski definition) is 3. The van der Waals surface area contributed by atoms with Crippen molar-refractivity contribution in [2.75, 3.05) is 16.2 Å². The van der Waals surface area contributed by atoms with E-state index in [1.54, 1.807) is 23.1 Å². The van der Waals surface area contributed by atoms with Crippen LogP contribution in [0.2, 0.25) is 0 Å². The molecule has 0 saturated carbocycles. The van der Waals surface area contributed by atoms with E-state index in [9.17, 15) is 13.2 Å². The molecule has 0 bridgehead atoms. The fourth-order valence-corrected chi connectivity index (χ4v) is 5.37. The molecule has 3 aromatic rings. The van der Waals surface area contributed by atoms with E-state index in [0.717, 1.165) is 40.8 Å². The number of carbonyl (C=O) groups is 1. The molecule has 4 rings (SSSR count). The highest BCUT2D eigenvalue weighted by Gasteiger charge is 2.28. The molecule has 0 unspecified atom stereocenters. The summed E-state index contributed by atoms with van der Waals surface area (Å²) in [5, 5.41) is 0. The molecule has 0 saturated heterocycles. The van der Waals surface area contributed by atoms with E-state index in [1.807, 2.05) is 63.2 Å². The minimum Gasteiger partial charge on any atom is -0.308 e. The van der Waals surface area contributed by atoms with Crippen LogP contribution in [0.15, 0.2) is 65.6 Å². The van der Waals surface area contributed by atoms with Crippen molar-refractivity contribution in [1.29, 1.82) is 0 Å². The molecule has 0 aromatic heterocycles. The van der Waals surface area contributed by atoms with Crippen LogP contribution < -0.4 is 9.62 Å². The molecule has 1 aliphatic heterocycles. The van der Waals surface area contributed by atoms with Gasteiger partial charge in [-0.25, -0.2) is 8.42 Å². The Labute approximate surface area is 190 Å². The largest absolute Gasteiger partial charge is 0.308 e. The van der Waals surface area contributed by atoms with Gasteiger partial charge in [0.1, 0.15) is 0 Å². The van der Waals surface area contributed by atoms with Gasteiger partial charge in [-0.05, 0) is 73.2 Å². The van der Waals surface area contributed by atoms with Crippen LogP contribution in [0.25, 0.3) is 0 Å². The van der Waals surface area contributed by atoms with E-state index in [4.69, 9.17) is 0 Å². The normalized spacial score (nSPS) is 13.2. The highest BCUT2D eigenvalue weighted by molar-refractivity contribution is 7.92. The Bertz CT molecular complexity index is 1240. The minimum atomic E-state index is -3.75. The van der Waals surface area contributed by atoms with Gasteiger partial charge in [0.15, 0.2) is 0 Å². The maximum Gasteiger partial charge on any atom is 0.261 e. The highest BCUT2D eigenvalue weighted by Crippen LogP contribution is 2.33. The van der Waals surface area contributed by atoms with Crippen molar-refractivity contribution >= 4 is 27.3 Å². The van der Waals surface area contributed by atoms with Crippen molar-refractivity contribution in [2.45, 2.75) is 44.9 Å². The maximum absolute atomic E-state index is 13.2. The van der Waals surface area contributed by atoms with Crippen molar-refractivity contribution in [1.82, 2.24) is 0 Å². The lowest BCUT2D eigenvalue weighted by molar-refractivity contribution is 0.0989. The minimum absolute atomic E-state index is 0.0676. The summed E-state index contributed by atoms with van der Waals surface area (Å²) in [4.78, 5) is 14.9. The summed E-state index contributed by atoms with van der Waals surface area (Å²) >= 11 is 0. The monoisotopic (exact) mass is 448 g/mol. The van der Waals surface area contributed by atoms with Gasteiger partial charge in [-0.2, -0.15) is 0 Å². The number of para-hydroxylation sites is 1. The average Bonchev–Trinajstić information content (AvgIpc) is 3.22. The molecule has 1 N–H and O–H groups in total. The number of rotatable bonds is 6. The van der Waals surface area contributed by atoms with Gasteiger partial charge in [-0.15, -0.1) is 0 Å². The number of aryl methyl sites for hydroxylation is 3. The molecular weight excluding hydrogens is 420 g/mol. The maximum atomic E-state index is 13.2. The number of anilines is 2. The third-order valence-corrected chi connectivity index (χ3v) is 7.38. The van der Waals surface area contributed by atoms with Crippen molar-refractivity contribution < 1.29 is 13.2 Å². The summed E-state index contributed by atoms with van der Waals surface area (Å²) in [6.45, 7) is 6.55. The van der Waals surface area contributed by atoms with Crippen LogP contribution in [0.4, 0.5) is 11.4 Å². The fraction of sp³-hybridized carbons (Fsp3) is 0.269. The Hall–Kier alpha value is -3.12. The van der Waals surface area contributed by atoms with Crippen LogP contribution in [-0.2, 0) is 29.3 Å². The lowest BCUT2D eigenvalue weighted by Crippen LogP contribution is -2.28. The molecule has 6 heteroatoms. The van der Waals surface area contributed by atoms with Crippen molar-refractivity contribution in [3.63, 3.8) is 0 Å². The SMILES string of the molecule is CCc1cccc(CC)c1NS(=O)(=O)c1ccc2c(c1)CCN2C(=O)c1ccc(C)cc1. The molecule has 0 spiro atoms. The number of amides is 1. The number of hydrogen-bond donors (Lipinski definition) is 1. The van der Waals surface area contributed by atoms with Gasteiger partial charge in [0.05, 0.1) is 10.6 Å². The predicted octanol–water partition coefficient (Wildman–Crippen LogP) is 5.12. The van der Waals surface area contributed by atoms with E-state index in [-0.39, 0.29) is 10.8 Å². The lowest BCUT2D eigenvalue weighted by Gasteiger charge is -2.18. The lowest BCUT2D eigenvalue weighted by atomic mass is 10.0. The quantitative estimate of drug-likeness (QED) is 0.569. The molecule has 0 atom stereocenters. The van der Waals surface area contributed by atoms with E-state index >= 15 is 0 Å². The summed E-state index contributed by atoms with van der Waals surface area (Å²) in [5.74, 6) is -0.0676. The molecule has 0 radical (unpaired) electrons. The average molecular weight is 449 g/mol. The van der Waals surface area contributed by atoms with Crippen molar-refractivity contribution in [3.8, 4) is 0 Å². The third kappa shape index (κ3) is 4.15. The third-order valence-electron chi connectivity index (χ3n) is 6.04. The number of fused-ring (bicyclic) bond motifs is 1. The van der Waals surface area contributed by atoms with Crippen LogP contribution in [-0.4, -0.2) is 20.9 Å². The molecule has 1 aliphatic rings. The summed E-state index contributed by atoms with van der Waals surface area (Å²) in [6.07, 6.45) is 2.11. The predicted molar refractivity (Wildman–Crippen MR) is 129 cm³/mol. The number of sulfonamides is 1. The number of nitrogens with zero attached hydrogens (tertiary/aromatic N) is 1. The van der Waals surface area contributed by atoms with E-state index in [0.29, 0.717) is 24.2 Å². The van der Waals surface area contributed by atoms with Crippen LogP contribution in [0.3, 0.4) is 0 Å². The first-order valence-electron chi connectivity index (χ1n) is 11.0. The van der Waals surface area contributed by atoms with Gasteiger partial charge in [0.25, 0.3) is 15.9 Å².